The molecule has 0 radical (unpaired) electrons. The number of esters is 1. The van der Waals surface area contributed by atoms with Gasteiger partial charge in [0.25, 0.3) is 0 Å². The first-order valence-corrected chi connectivity index (χ1v) is 6.28. The number of hydrogen-bond donors (Lipinski definition) is 1. The van der Waals surface area contributed by atoms with Crippen molar-refractivity contribution in [1.82, 2.24) is 10.2 Å². The monoisotopic (exact) mass is 228 g/mol. The van der Waals surface area contributed by atoms with Crippen LogP contribution in [0, 0.1) is 0 Å². The van der Waals surface area contributed by atoms with Crippen molar-refractivity contribution in [2.75, 3.05) is 33.3 Å². The van der Waals surface area contributed by atoms with E-state index < -0.39 is 0 Å². The van der Waals surface area contributed by atoms with E-state index in [2.05, 4.69) is 21.9 Å². The molecule has 1 unspecified atom stereocenters. The minimum absolute atomic E-state index is 0.102. The second-order valence-corrected chi connectivity index (χ2v) is 4.37. The summed E-state index contributed by atoms with van der Waals surface area (Å²) >= 11 is 0. The van der Waals surface area contributed by atoms with Crippen LogP contribution in [-0.2, 0) is 9.53 Å². The van der Waals surface area contributed by atoms with E-state index in [4.69, 9.17) is 0 Å². The molecule has 0 aliphatic carbocycles. The number of ether oxygens (including phenoxy) is 1. The average Bonchev–Trinajstić information content (AvgIpc) is 2.80. The minimum atomic E-state index is -0.102. The van der Waals surface area contributed by atoms with Crippen molar-refractivity contribution in [3.63, 3.8) is 0 Å². The third-order valence-corrected chi connectivity index (χ3v) is 3.17. The molecule has 1 aliphatic rings. The van der Waals surface area contributed by atoms with E-state index in [1.807, 2.05) is 0 Å². The van der Waals surface area contributed by atoms with Gasteiger partial charge in [0.05, 0.1) is 7.11 Å². The Morgan fingerprint density at radius 3 is 2.94 bits per heavy atom. The van der Waals surface area contributed by atoms with Gasteiger partial charge in [-0.1, -0.05) is 6.92 Å². The van der Waals surface area contributed by atoms with E-state index in [9.17, 15) is 4.79 Å². The summed E-state index contributed by atoms with van der Waals surface area (Å²) in [7, 11) is 1.45. The van der Waals surface area contributed by atoms with Gasteiger partial charge in [-0.2, -0.15) is 0 Å². The third kappa shape index (κ3) is 4.94. The fraction of sp³-hybridized carbons (Fsp3) is 0.917. The van der Waals surface area contributed by atoms with E-state index in [1.54, 1.807) is 0 Å². The van der Waals surface area contributed by atoms with Gasteiger partial charge >= 0.3 is 5.97 Å². The second kappa shape index (κ2) is 7.63. The normalized spacial score (nSPS) is 20.3. The molecule has 1 rings (SSSR count). The molecule has 1 fully saturated rings. The molecule has 1 heterocycles. The molecule has 0 aromatic rings. The van der Waals surface area contributed by atoms with Crippen LogP contribution >= 0.6 is 0 Å². The van der Waals surface area contributed by atoms with Crippen LogP contribution in [-0.4, -0.2) is 50.2 Å². The van der Waals surface area contributed by atoms with Gasteiger partial charge in [-0.3, -0.25) is 4.79 Å². The Bertz CT molecular complexity index is 203. The van der Waals surface area contributed by atoms with Gasteiger partial charge < -0.3 is 15.0 Å². The Kier molecular flexibility index (Phi) is 6.42. The molecule has 4 nitrogen and oxygen atoms in total. The van der Waals surface area contributed by atoms with Crippen molar-refractivity contribution < 1.29 is 9.53 Å². The van der Waals surface area contributed by atoms with Gasteiger partial charge in [0.2, 0.25) is 0 Å². The number of nitrogens with zero attached hydrogens (tertiary/aromatic N) is 1. The van der Waals surface area contributed by atoms with Crippen LogP contribution in [0.5, 0.6) is 0 Å². The van der Waals surface area contributed by atoms with E-state index >= 15 is 0 Å². The fourth-order valence-corrected chi connectivity index (χ4v) is 2.15. The van der Waals surface area contributed by atoms with Crippen molar-refractivity contribution in [1.29, 1.82) is 0 Å². The van der Waals surface area contributed by atoms with Gasteiger partial charge in [-0.15, -0.1) is 0 Å². The zero-order chi connectivity index (χ0) is 11.8. The SMILES string of the molecule is CCN(CCCC(=O)OC)CC1CCCN1. The highest BCUT2D eigenvalue weighted by atomic mass is 16.5. The molecule has 0 aromatic carbocycles. The van der Waals surface area contributed by atoms with Crippen LogP contribution in [0.4, 0.5) is 0 Å². The molecule has 4 heteroatoms. The summed E-state index contributed by atoms with van der Waals surface area (Å²) in [5.74, 6) is -0.102. The highest BCUT2D eigenvalue weighted by Gasteiger charge is 2.16. The van der Waals surface area contributed by atoms with E-state index in [1.165, 1.54) is 20.0 Å². The van der Waals surface area contributed by atoms with Gasteiger partial charge in [0.1, 0.15) is 0 Å². The zero-order valence-electron chi connectivity index (χ0n) is 10.5. The molecule has 94 valence electrons. The van der Waals surface area contributed by atoms with Crippen molar-refractivity contribution in [2.24, 2.45) is 0 Å². The van der Waals surface area contributed by atoms with Gasteiger partial charge in [-0.05, 0) is 38.9 Å². The molecule has 1 saturated heterocycles. The molecule has 1 aliphatic heterocycles. The lowest BCUT2D eigenvalue weighted by molar-refractivity contribution is -0.140. The summed E-state index contributed by atoms with van der Waals surface area (Å²) in [6.45, 7) is 6.48. The Hall–Kier alpha value is -0.610. The standard InChI is InChI=1S/C12H24N2O2/c1-3-14(9-5-7-12(15)16-2)10-11-6-4-8-13-11/h11,13H,3-10H2,1-2H3. The van der Waals surface area contributed by atoms with Gasteiger partial charge in [0.15, 0.2) is 0 Å². The molecular weight excluding hydrogens is 204 g/mol. The van der Waals surface area contributed by atoms with Gasteiger partial charge in [-0.25, -0.2) is 0 Å². The fourth-order valence-electron chi connectivity index (χ4n) is 2.15. The molecule has 0 saturated carbocycles. The maximum Gasteiger partial charge on any atom is 0.305 e. The Morgan fingerprint density at radius 1 is 1.56 bits per heavy atom. The summed E-state index contributed by atoms with van der Waals surface area (Å²) in [5, 5.41) is 3.50. The Morgan fingerprint density at radius 2 is 2.38 bits per heavy atom. The number of rotatable bonds is 7. The minimum Gasteiger partial charge on any atom is -0.469 e. The molecule has 1 N–H and O–H groups in total. The number of carbonyl (C=O) groups is 1. The van der Waals surface area contributed by atoms with Crippen molar-refractivity contribution in [3.8, 4) is 0 Å². The average molecular weight is 228 g/mol. The van der Waals surface area contributed by atoms with Crippen LogP contribution in [0.3, 0.4) is 0 Å². The number of hydrogen-bond acceptors (Lipinski definition) is 4. The molecule has 0 spiro atoms. The predicted octanol–water partition coefficient (Wildman–Crippen LogP) is 1.01. The molecule has 0 aromatic heterocycles. The predicted molar refractivity (Wildman–Crippen MR) is 64.4 cm³/mol. The van der Waals surface area contributed by atoms with E-state index in [0.29, 0.717) is 12.5 Å². The van der Waals surface area contributed by atoms with Crippen molar-refractivity contribution in [2.45, 2.75) is 38.6 Å². The molecule has 0 bridgehead atoms. The smallest absolute Gasteiger partial charge is 0.305 e. The van der Waals surface area contributed by atoms with Crippen LogP contribution in [0.25, 0.3) is 0 Å². The van der Waals surface area contributed by atoms with E-state index in [0.717, 1.165) is 32.6 Å². The van der Waals surface area contributed by atoms with Crippen LogP contribution in [0.15, 0.2) is 0 Å². The van der Waals surface area contributed by atoms with Crippen molar-refractivity contribution in [3.05, 3.63) is 0 Å². The first-order valence-electron chi connectivity index (χ1n) is 6.28. The zero-order valence-corrected chi connectivity index (χ0v) is 10.5. The summed E-state index contributed by atoms with van der Waals surface area (Å²) in [4.78, 5) is 13.4. The number of nitrogens with one attached hydrogen (secondary N) is 1. The summed E-state index contributed by atoms with van der Waals surface area (Å²) < 4.78 is 4.63. The maximum atomic E-state index is 11.0. The Labute approximate surface area is 98.3 Å². The number of carbonyl (C=O) groups excluding carboxylic acids is 1. The summed E-state index contributed by atoms with van der Waals surface area (Å²) in [5.41, 5.74) is 0. The number of likely N-dealkylation sites (N-methyl/N-ethyl adjacent to an activating group) is 1. The lowest BCUT2D eigenvalue weighted by Crippen LogP contribution is -2.38. The molecule has 0 amide bonds. The second-order valence-electron chi connectivity index (χ2n) is 4.37. The maximum absolute atomic E-state index is 11.0. The number of methoxy groups -OCH3 is 1. The highest BCUT2D eigenvalue weighted by molar-refractivity contribution is 5.69. The van der Waals surface area contributed by atoms with E-state index in [-0.39, 0.29) is 5.97 Å². The summed E-state index contributed by atoms with van der Waals surface area (Å²) in [6, 6.07) is 0.651. The first kappa shape index (κ1) is 13.5. The lowest BCUT2D eigenvalue weighted by Gasteiger charge is -2.23. The third-order valence-electron chi connectivity index (χ3n) is 3.17. The van der Waals surface area contributed by atoms with Crippen LogP contribution < -0.4 is 5.32 Å². The van der Waals surface area contributed by atoms with Gasteiger partial charge in [0, 0.05) is 19.0 Å². The topological polar surface area (TPSA) is 41.6 Å². The molecule has 1 atom stereocenters. The Balaban J connectivity index is 2.13. The molecular formula is C12H24N2O2. The molecule has 16 heavy (non-hydrogen) atoms. The first-order chi connectivity index (χ1) is 7.76. The quantitative estimate of drug-likeness (QED) is 0.660. The summed E-state index contributed by atoms with van der Waals surface area (Å²) in [6.07, 6.45) is 4.01. The van der Waals surface area contributed by atoms with Crippen LogP contribution in [0.1, 0.15) is 32.6 Å². The van der Waals surface area contributed by atoms with Crippen molar-refractivity contribution >= 4 is 5.97 Å². The lowest BCUT2D eigenvalue weighted by atomic mass is 10.2. The largest absolute Gasteiger partial charge is 0.469 e. The van der Waals surface area contributed by atoms with Crippen LogP contribution in [0.2, 0.25) is 0 Å². The highest BCUT2D eigenvalue weighted by Crippen LogP contribution is 2.07.